The van der Waals surface area contributed by atoms with Gasteiger partial charge in [-0.15, -0.1) is 0 Å². The Morgan fingerprint density at radius 2 is 1.83 bits per heavy atom. The first-order chi connectivity index (χ1) is 8.86. The van der Waals surface area contributed by atoms with Crippen molar-refractivity contribution in [3.05, 3.63) is 42.2 Å². The van der Waals surface area contributed by atoms with Gasteiger partial charge in [0.2, 0.25) is 0 Å². The second kappa shape index (κ2) is 4.84. The van der Waals surface area contributed by atoms with E-state index in [0.717, 1.165) is 11.4 Å². The van der Waals surface area contributed by atoms with Crippen LogP contribution in [0.3, 0.4) is 0 Å². The smallest absolute Gasteiger partial charge is 0.119 e. The van der Waals surface area contributed by atoms with Gasteiger partial charge >= 0.3 is 0 Å². The molecule has 1 aliphatic carbocycles. The van der Waals surface area contributed by atoms with Crippen LogP contribution in [0.2, 0.25) is 0 Å². The van der Waals surface area contributed by atoms with E-state index in [1.165, 1.54) is 31.4 Å². The van der Waals surface area contributed by atoms with Gasteiger partial charge in [-0.1, -0.05) is 12.8 Å². The van der Waals surface area contributed by atoms with E-state index < -0.39 is 0 Å². The molecule has 1 aromatic carbocycles. The molecule has 0 aliphatic heterocycles. The van der Waals surface area contributed by atoms with Crippen LogP contribution in [-0.2, 0) is 0 Å². The highest BCUT2D eigenvalue weighted by Crippen LogP contribution is 2.33. The molecule has 3 rings (SSSR count). The van der Waals surface area contributed by atoms with Gasteiger partial charge in [-0.3, -0.25) is 0 Å². The molecule has 1 heterocycles. The number of benzene rings is 1. The summed E-state index contributed by atoms with van der Waals surface area (Å²) < 4.78 is 7.11. The maximum atomic E-state index is 5.16. The van der Waals surface area contributed by atoms with E-state index in [9.17, 15) is 0 Å². The fraction of sp³-hybridized carbons (Fsp3) is 0.400. The molecule has 0 atom stereocenters. The molecule has 94 valence electrons. The Kier molecular flexibility index (Phi) is 3.05. The van der Waals surface area contributed by atoms with Crippen molar-refractivity contribution >= 4 is 0 Å². The molecule has 18 heavy (non-hydrogen) atoms. The first-order valence-corrected chi connectivity index (χ1v) is 6.57. The van der Waals surface area contributed by atoms with Crippen LogP contribution in [0.4, 0.5) is 0 Å². The summed E-state index contributed by atoms with van der Waals surface area (Å²) in [5.41, 5.74) is 2.32. The molecule has 1 fully saturated rings. The molecule has 0 amide bonds. The minimum Gasteiger partial charge on any atom is -0.497 e. The number of aromatic nitrogens is 2. The summed E-state index contributed by atoms with van der Waals surface area (Å²) in [4.78, 5) is 0. The van der Waals surface area contributed by atoms with E-state index in [1.807, 2.05) is 28.9 Å². The fourth-order valence-electron chi connectivity index (χ4n) is 2.66. The van der Waals surface area contributed by atoms with E-state index >= 15 is 0 Å². The molecule has 0 radical (unpaired) electrons. The van der Waals surface area contributed by atoms with Gasteiger partial charge in [0.25, 0.3) is 0 Å². The molecule has 0 unspecified atom stereocenters. The first-order valence-electron chi connectivity index (χ1n) is 6.57. The minimum absolute atomic E-state index is 0.671. The summed E-state index contributed by atoms with van der Waals surface area (Å²) in [7, 11) is 1.68. The SMILES string of the molecule is COc1ccc(-n2ccc(C3CCCC3)n2)cc1. The van der Waals surface area contributed by atoms with E-state index in [0.29, 0.717) is 5.92 Å². The zero-order chi connectivity index (χ0) is 12.4. The van der Waals surface area contributed by atoms with Crippen LogP contribution in [0.1, 0.15) is 37.3 Å². The summed E-state index contributed by atoms with van der Waals surface area (Å²) >= 11 is 0. The summed E-state index contributed by atoms with van der Waals surface area (Å²) in [5.74, 6) is 1.55. The summed E-state index contributed by atoms with van der Waals surface area (Å²) in [6.45, 7) is 0. The first kappa shape index (κ1) is 11.3. The average Bonchev–Trinajstić information content (AvgIpc) is 3.09. The van der Waals surface area contributed by atoms with Crippen LogP contribution >= 0.6 is 0 Å². The molecule has 1 saturated carbocycles. The number of hydrogen-bond donors (Lipinski definition) is 0. The third-order valence-corrected chi connectivity index (χ3v) is 3.72. The molecule has 0 bridgehead atoms. The molecule has 0 saturated heterocycles. The van der Waals surface area contributed by atoms with Crippen molar-refractivity contribution in [1.82, 2.24) is 9.78 Å². The fourth-order valence-corrected chi connectivity index (χ4v) is 2.66. The van der Waals surface area contributed by atoms with Crippen LogP contribution in [0.25, 0.3) is 5.69 Å². The van der Waals surface area contributed by atoms with Crippen molar-refractivity contribution in [2.75, 3.05) is 7.11 Å². The summed E-state index contributed by atoms with van der Waals surface area (Å²) in [5, 5.41) is 4.69. The Morgan fingerprint density at radius 3 is 2.50 bits per heavy atom. The normalized spacial score (nSPS) is 16.1. The predicted molar refractivity (Wildman–Crippen MR) is 71.3 cm³/mol. The van der Waals surface area contributed by atoms with E-state index in [-0.39, 0.29) is 0 Å². The average molecular weight is 242 g/mol. The molecule has 3 nitrogen and oxygen atoms in total. The zero-order valence-corrected chi connectivity index (χ0v) is 10.7. The van der Waals surface area contributed by atoms with Gasteiger partial charge < -0.3 is 4.74 Å². The monoisotopic (exact) mass is 242 g/mol. The molecule has 2 aromatic rings. The number of rotatable bonds is 3. The van der Waals surface area contributed by atoms with Crippen molar-refractivity contribution in [3.63, 3.8) is 0 Å². The summed E-state index contributed by atoms with van der Waals surface area (Å²) in [6.07, 6.45) is 7.33. The Balaban J connectivity index is 1.82. The zero-order valence-electron chi connectivity index (χ0n) is 10.7. The van der Waals surface area contributed by atoms with Gasteiger partial charge in [0.15, 0.2) is 0 Å². The Bertz CT molecular complexity index is 510. The lowest BCUT2D eigenvalue weighted by atomic mass is 10.1. The standard InChI is InChI=1S/C15H18N2O/c1-18-14-8-6-13(7-9-14)17-11-10-15(16-17)12-4-2-3-5-12/h6-12H,2-5H2,1H3. The maximum absolute atomic E-state index is 5.16. The summed E-state index contributed by atoms with van der Waals surface area (Å²) in [6, 6.07) is 10.1. The number of nitrogens with zero attached hydrogens (tertiary/aromatic N) is 2. The van der Waals surface area contributed by atoms with Gasteiger partial charge in [-0.25, -0.2) is 4.68 Å². The van der Waals surface area contributed by atoms with Crippen molar-refractivity contribution in [3.8, 4) is 11.4 Å². The van der Waals surface area contributed by atoms with Gasteiger partial charge in [-0.05, 0) is 43.2 Å². The molecular weight excluding hydrogens is 224 g/mol. The predicted octanol–water partition coefficient (Wildman–Crippen LogP) is 3.54. The van der Waals surface area contributed by atoms with E-state index in [1.54, 1.807) is 7.11 Å². The molecule has 0 N–H and O–H groups in total. The highest BCUT2D eigenvalue weighted by molar-refractivity contribution is 5.37. The lowest BCUT2D eigenvalue weighted by Crippen LogP contribution is -1.98. The van der Waals surface area contributed by atoms with Crippen molar-refractivity contribution < 1.29 is 4.74 Å². The Morgan fingerprint density at radius 1 is 1.11 bits per heavy atom. The van der Waals surface area contributed by atoms with E-state index in [4.69, 9.17) is 9.84 Å². The van der Waals surface area contributed by atoms with Gasteiger partial charge in [-0.2, -0.15) is 5.10 Å². The lowest BCUT2D eigenvalue weighted by molar-refractivity contribution is 0.414. The second-order valence-electron chi connectivity index (χ2n) is 4.86. The molecule has 3 heteroatoms. The van der Waals surface area contributed by atoms with E-state index in [2.05, 4.69) is 12.3 Å². The third kappa shape index (κ3) is 2.13. The largest absolute Gasteiger partial charge is 0.497 e. The third-order valence-electron chi connectivity index (χ3n) is 3.72. The van der Waals surface area contributed by atoms with Gasteiger partial charge in [0, 0.05) is 12.1 Å². The minimum atomic E-state index is 0.671. The maximum Gasteiger partial charge on any atom is 0.119 e. The Hall–Kier alpha value is -1.77. The van der Waals surface area contributed by atoms with Crippen LogP contribution in [0.5, 0.6) is 5.75 Å². The molecule has 1 aliphatic rings. The lowest BCUT2D eigenvalue weighted by Gasteiger charge is -2.05. The van der Waals surface area contributed by atoms with Crippen molar-refractivity contribution in [1.29, 1.82) is 0 Å². The van der Waals surface area contributed by atoms with Crippen molar-refractivity contribution in [2.45, 2.75) is 31.6 Å². The van der Waals surface area contributed by atoms with Crippen LogP contribution in [0, 0.1) is 0 Å². The van der Waals surface area contributed by atoms with Crippen LogP contribution < -0.4 is 4.74 Å². The van der Waals surface area contributed by atoms with Crippen LogP contribution in [0.15, 0.2) is 36.5 Å². The quantitative estimate of drug-likeness (QED) is 0.823. The number of ether oxygens (including phenoxy) is 1. The molecular formula is C15H18N2O. The van der Waals surface area contributed by atoms with Crippen LogP contribution in [-0.4, -0.2) is 16.9 Å². The highest BCUT2D eigenvalue weighted by atomic mass is 16.5. The highest BCUT2D eigenvalue weighted by Gasteiger charge is 2.19. The van der Waals surface area contributed by atoms with Gasteiger partial charge in [0.1, 0.15) is 5.75 Å². The topological polar surface area (TPSA) is 27.1 Å². The van der Waals surface area contributed by atoms with Crippen molar-refractivity contribution in [2.24, 2.45) is 0 Å². The number of hydrogen-bond acceptors (Lipinski definition) is 2. The van der Waals surface area contributed by atoms with Gasteiger partial charge in [0.05, 0.1) is 18.5 Å². The Labute approximate surface area is 107 Å². The molecule has 1 aromatic heterocycles. The molecule has 0 spiro atoms. The second-order valence-corrected chi connectivity index (χ2v) is 4.86. The number of methoxy groups -OCH3 is 1.